The SMILES string of the molecule is COC(=O)c1cc(S(=O)(=O)c2ccc(C)c(-c3ccccc3)c2)c(SC)s1. The van der Waals surface area contributed by atoms with Gasteiger partial charge in [-0.1, -0.05) is 36.4 Å². The molecule has 0 N–H and O–H groups in total. The van der Waals surface area contributed by atoms with Crippen molar-refractivity contribution in [1.29, 1.82) is 0 Å². The Labute approximate surface area is 167 Å². The van der Waals surface area contributed by atoms with E-state index in [1.165, 1.54) is 24.9 Å². The first-order chi connectivity index (χ1) is 12.9. The van der Waals surface area contributed by atoms with Crippen molar-refractivity contribution in [2.75, 3.05) is 13.4 Å². The number of ether oxygens (including phenoxy) is 1. The maximum absolute atomic E-state index is 13.3. The summed E-state index contributed by atoms with van der Waals surface area (Å²) in [6, 6.07) is 16.2. The Hall–Kier alpha value is -2.09. The first-order valence-corrected chi connectivity index (χ1v) is 11.6. The second kappa shape index (κ2) is 7.88. The quantitative estimate of drug-likeness (QED) is 0.428. The molecular formula is C20H18O4S3. The number of carbonyl (C=O) groups excluding carboxylic acids is 1. The number of thioether (sulfide) groups is 1. The van der Waals surface area contributed by atoms with E-state index in [2.05, 4.69) is 0 Å². The van der Waals surface area contributed by atoms with Crippen LogP contribution in [-0.4, -0.2) is 27.8 Å². The average molecular weight is 419 g/mol. The number of sulfone groups is 1. The molecule has 4 nitrogen and oxygen atoms in total. The number of carbonyl (C=O) groups is 1. The maximum Gasteiger partial charge on any atom is 0.348 e. The fourth-order valence-corrected chi connectivity index (χ4v) is 6.65. The molecule has 0 spiro atoms. The van der Waals surface area contributed by atoms with Gasteiger partial charge >= 0.3 is 5.97 Å². The third-order valence-electron chi connectivity index (χ3n) is 4.13. The normalized spacial score (nSPS) is 11.4. The molecule has 0 aliphatic carbocycles. The molecule has 0 aliphatic rings. The molecule has 140 valence electrons. The van der Waals surface area contributed by atoms with Gasteiger partial charge in [-0.3, -0.25) is 0 Å². The Kier molecular flexibility index (Phi) is 5.74. The minimum Gasteiger partial charge on any atom is -0.465 e. The summed E-state index contributed by atoms with van der Waals surface area (Å²) >= 11 is 2.43. The van der Waals surface area contributed by atoms with Gasteiger partial charge in [0.1, 0.15) is 4.88 Å². The Balaban J connectivity index is 2.14. The molecule has 7 heteroatoms. The van der Waals surface area contributed by atoms with Gasteiger partial charge in [0.25, 0.3) is 0 Å². The van der Waals surface area contributed by atoms with Crippen LogP contribution in [-0.2, 0) is 14.6 Å². The molecular weight excluding hydrogens is 400 g/mol. The summed E-state index contributed by atoms with van der Waals surface area (Å²) in [6.45, 7) is 1.95. The Bertz CT molecular complexity index is 1080. The van der Waals surface area contributed by atoms with Crippen LogP contribution in [0.2, 0.25) is 0 Å². The molecule has 2 aromatic carbocycles. The highest BCUT2D eigenvalue weighted by molar-refractivity contribution is 8.01. The molecule has 3 rings (SSSR count). The van der Waals surface area contributed by atoms with E-state index in [9.17, 15) is 13.2 Å². The number of hydrogen-bond donors (Lipinski definition) is 0. The predicted octanol–water partition coefficient (Wildman–Crippen LogP) is 5.06. The Morgan fingerprint density at radius 3 is 2.41 bits per heavy atom. The minimum absolute atomic E-state index is 0.142. The van der Waals surface area contributed by atoms with Gasteiger partial charge in [0.2, 0.25) is 9.84 Å². The van der Waals surface area contributed by atoms with Gasteiger partial charge < -0.3 is 4.74 Å². The lowest BCUT2D eigenvalue weighted by molar-refractivity contribution is 0.0606. The van der Waals surface area contributed by atoms with Crippen molar-refractivity contribution >= 4 is 38.9 Å². The number of hydrogen-bond acceptors (Lipinski definition) is 6. The van der Waals surface area contributed by atoms with E-state index in [1.807, 2.05) is 43.3 Å². The molecule has 0 unspecified atom stereocenters. The summed E-state index contributed by atoms with van der Waals surface area (Å²) in [7, 11) is -2.49. The monoisotopic (exact) mass is 418 g/mol. The summed E-state index contributed by atoms with van der Waals surface area (Å²) in [5.41, 5.74) is 2.81. The molecule has 0 radical (unpaired) electrons. The van der Waals surface area contributed by atoms with Crippen LogP contribution in [0.1, 0.15) is 15.2 Å². The van der Waals surface area contributed by atoms with E-state index in [4.69, 9.17) is 4.74 Å². The van der Waals surface area contributed by atoms with E-state index in [-0.39, 0.29) is 14.7 Å². The number of esters is 1. The fraction of sp³-hybridized carbons (Fsp3) is 0.150. The highest BCUT2D eigenvalue weighted by Gasteiger charge is 2.26. The predicted molar refractivity (Wildman–Crippen MR) is 110 cm³/mol. The van der Waals surface area contributed by atoms with Crippen LogP contribution in [0, 0.1) is 6.92 Å². The van der Waals surface area contributed by atoms with Crippen molar-refractivity contribution in [3.05, 3.63) is 65.0 Å². The first-order valence-electron chi connectivity index (χ1n) is 8.05. The summed E-state index contributed by atoms with van der Waals surface area (Å²) in [5.74, 6) is -0.536. The summed E-state index contributed by atoms with van der Waals surface area (Å²) < 4.78 is 31.8. The number of benzene rings is 2. The third-order valence-corrected chi connectivity index (χ3v) is 8.42. The molecule has 0 aliphatic heterocycles. The second-order valence-electron chi connectivity index (χ2n) is 5.80. The lowest BCUT2D eigenvalue weighted by Crippen LogP contribution is -2.03. The lowest BCUT2D eigenvalue weighted by Gasteiger charge is -2.10. The molecule has 0 fully saturated rings. The van der Waals surface area contributed by atoms with Crippen LogP contribution in [0.15, 0.2) is 68.6 Å². The number of thiophene rings is 1. The largest absolute Gasteiger partial charge is 0.465 e. The molecule has 0 saturated carbocycles. The van der Waals surface area contributed by atoms with Crippen LogP contribution in [0.4, 0.5) is 0 Å². The van der Waals surface area contributed by atoms with E-state index < -0.39 is 15.8 Å². The minimum atomic E-state index is -3.77. The Morgan fingerprint density at radius 1 is 1.07 bits per heavy atom. The van der Waals surface area contributed by atoms with Gasteiger partial charge in [-0.2, -0.15) is 0 Å². The van der Waals surface area contributed by atoms with Gasteiger partial charge in [0.05, 0.1) is 21.1 Å². The van der Waals surface area contributed by atoms with Crippen molar-refractivity contribution in [3.63, 3.8) is 0 Å². The molecule has 1 aromatic heterocycles. The molecule has 3 aromatic rings. The summed E-state index contributed by atoms with van der Waals surface area (Å²) in [6.07, 6.45) is 1.79. The Morgan fingerprint density at radius 2 is 1.78 bits per heavy atom. The molecule has 27 heavy (non-hydrogen) atoms. The van der Waals surface area contributed by atoms with Crippen LogP contribution < -0.4 is 0 Å². The molecule has 0 atom stereocenters. The van der Waals surface area contributed by atoms with Crippen molar-refractivity contribution < 1.29 is 17.9 Å². The van der Waals surface area contributed by atoms with Gasteiger partial charge in [0, 0.05) is 0 Å². The number of aryl methyl sites for hydroxylation is 1. The zero-order valence-corrected chi connectivity index (χ0v) is 17.5. The number of rotatable bonds is 5. The molecule has 0 saturated heterocycles. The molecule has 0 bridgehead atoms. The standard InChI is InChI=1S/C20H18O4S3/c1-13-9-10-15(11-16(13)14-7-5-4-6-8-14)27(22,23)18-12-17(19(21)24-2)26-20(18)25-3/h4-12H,1-3H3. The van der Waals surface area contributed by atoms with E-state index in [0.717, 1.165) is 28.0 Å². The van der Waals surface area contributed by atoms with Crippen LogP contribution in [0.5, 0.6) is 0 Å². The summed E-state index contributed by atoms with van der Waals surface area (Å²) in [4.78, 5) is 12.4. The maximum atomic E-state index is 13.3. The van der Waals surface area contributed by atoms with Crippen LogP contribution >= 0.6 is 23.1 Å². The molecule has 0 amide bonds. The lowest BCUT2D eigenvalue weighted by atomic mass is 10.0. The first kappa shape index (κ1) is 19.7. The zero-order valence-electron chi connectivity index (χ0n) is 15.1. The zero-order chi connectivity index (χ0) is 19.6. The van der Waals surface area contributed by atoms with Crippen LogP contribution in [0.3, 0.4) is 0 Å². The fourth-order valence-electron chi connectivity index (χ4n) is 2.71. The van der Waals surface area contributed by atoms with Crippen molar-refractivity contribution in [2.45, 2.75) is 20.9 Å². The van der Waals surface area contributed by atoms with Crippen molar-refractivity contribution in [2.24, 2.45) is 0 Å². The van der Waals surface area contributed by atoms with Gasteiger partial charge in [0.15, 0.2) is 0 Å². The number of methoxy groups -OCH3 is 1. The van der Waals surface area contributed by atoms with Crippen molar-refractivity contribution in [3.8, 4) is 11.1 Å². The summed E-state index contributed by atoms with van der Waals surface area (Å²) in [5, 5.41) is 0. The molecule has 1 heterocycles. The van der Waals surface area contributed by atoms with Gasteiger partial charge in [-0.15, -0.1) is 23.1 Å². The van der Waals surface area contributed by atoms with E-state index in [1.54, 1.807) is 18.4 Å². The third kappa shape index (κ3) is 3.81. The van der Waals surface area contributed by atoms with Gasteiger partial charge in [-0.25, -0.2) is 13.2 Å². The second-order valence-corrected chi connectivity index (χ2v) is 9.85. The topological polar surface area (TPSA) is 60.4 Å². The van der Waals surface area contributed by atoms with Crippen molar-refractivity contribution in [1.82, 2.24) is 0 Å². The smallest absolute Gasteiger partial charge is 0.348 e. The average Bonchev–Trinajstić information content (AvgIpc) is 3.13. The highest BCUT2D eigenvalue weighted by atomic mass is 32.2. The van der Waals surface area contributed by atoms with Gasteiger partial charge in [-0.05, 0) is 48.1 Å². The van der Waals surface area contributed by atoms with Crippen LogP contribution in [0.25, 0.3) is 11.1 Å². The van der Waals surface area contributed by atoms with E-state index >= 15 is 0 Å². The highest BCUT2D eigenvalue weighted by Crippen LogP contribution is 2.38. The van der Waals surface area contributed by atoms with E-state index in [0.29, 0.717) is 4.21 Å².